The Morgan fingerprint density at radius 3 is 2.77 bits per heavy atom. The molecule has 1 aliphatic rings. The second-order valence-electron chi connectivity index (χ2n) is 5.61. The molecule has 0 unspecified atom stereocenters. The molecule has 0 aromatic carbocycles. The highest BCUT2D eigenvalue weighted by Gasteiger charge is 2.20. The maximum absolute atomic E-state index is 5.61. The minimum atomic E-state index is 0.679. The Kier molecular flexibility index (Phi) is 6.71. The Morgan fingerprint density at radius 1 is 1.32 bits per heavy atom. The monoisotopic (exact) mass is 308 g/mol. The van der Waals surface area contributed by atoms with E-state index in [0.29, 0.717) is 13.2 Å². The summed E-state index contributed by atoms with van der Waals surface area (Å²) in [5.41, 5.74) is 2.17. The van der Waals surface area contributed by atoms with Crippen molar-refractivity contribution in [2.45, 2.75) is 46.1 Å². The molecule has 0 radical (unpaired) electrons. The summed E-state index contributed by atoms with van der Waals surface area (Å²) in [5.74, 6) is 2.54. The third-order valence-electron chi connectivity index (χ3n) is 3.85. The predicted molar refractivity (Wildman–Crippen MR) is 87.0 cm³/mol. The largest absolute Gasteiger partial charge is 0.379 e. The Balaban J connectivity index is 1.72. The molecule has 0 aliphatic heterocycles. The molecule has 0 amide bonds. The zero-order chi connectivity index (χ0) is 15.8. The first kappa shape index (κ1) is 16.8. The highest BCUT2D eigenvalue weighted by molar-refractivity contribution is 5.79. The molecule has 0 atom stereocenters. The molecular formula is C16H28N4O2. The van der Waals surface area contributed by atoms with Crippen LogP contribution in [-0.2, 0) is 24.1 Å². The normalized spacial score (nSPS) is 15.1. The van der Waals surface area contributed by atoms with E-state index in [0.717, 1.165) is 54.9 Å². The molecule has 2 rings (SSSR count). The molecule has 22 heavy (non-hydrogen) atoms. The van der Waals surface area contributed by atoms with E-state index >= 15 is 0 Å². The van der Waals surface area contributed by atoms with Crippen molar-refractivity contribution in [2.75, 3.05) is 26.8 Å². The standard InChI is InChI=1S/C16H28N4O2/c1-4-14-13(15(5-2)22-20-14)10-19-16(17-3)18-8-9-21-11-12-6-7-12/h12H,4-11H2,1-3H3,(H2,17,18,19). The fourth-order valence-electron chi connectivity index (χ4n) is 2.31. The lowest BCUT2D eigenvalue weighted by Crippen LogP contribution is -2.38. The second kappa shape index (κ2) is 8.78. The first-order valence-corrected chi connectivity index (χ1v) is 8.27. The minimum Gasteiger partial charge on any atom is -0.379 e. The highest BCUT2D eigenvalue weighted by atomic mass is 16.5. The lowest BCUT2D eigenvalue weighted by molar-refractivity contribution is 0.129. The van der Waals surface area contributed by atoms with Crippen LogP contribution in [0.4, 0.5) is 0 Å². The molecule has 2 N–H and O–H groups in total. The van der Waals surface area contributed by atoms with Gasteiger partial charge in [-0.2, -0.15) is 0 Å². The smallest absolute Gasteiger partial charge is 0.191 e. The van der Waals surface area contributed by atoms with E-state index < -0.39 is 0 Å². The van der Waals surface area contributed by atoms with Crippen LogP contribution in [0.15, 0.2) is 9.52 Å². The lowest BCUT2D eigenvalue weighted by atomic mass is 10.1. The number of hydrogen-bond acceptors (Lipinski definition) is 4. The van der Waals surface area contributed by atoms with Crippen molar-refractivity contribution in [3.63, 3.8) is 0 Å². The third kappa shape index (κ3) is 5.02. The van der Waals surface area contributed by atoms with Crippen LogP contribution in [0.25, 0.3) is 0 Å². The number of rotatable bonds is 9. The van der Waals surface area contributed by atoms with Gasteiger partial charge in [-0.1, -0.05) is 19.0 Å². The van der Waals surface area contributed by atoms with Gasteiger partial charge >= 0.3 is 0 Å². The van der Waals surface area contributed by atoms with Gasteiger partial charge < -0.3 is 19.9 Å². The molecule has 1 fully saturated rings. The Hall–Kier alpha value is -1.56. The first-order valence-electron chi connectivity index (χ1n) is 8.27. The fourth-order valence-corrected chi connectivity index (χ4v) is 2.31. The molecule has 6 nitrogen and oxygen atoms in total. The zero-order valence-electron chi connectivity index (χ0n) is 13.9. The summed E-state index contributed by atoms with van der Waals surface area (Å²) in [4.78, 5) is 4.23. The lowest BCUT2D eigenvalue weighted by Gasteiger charge is -2.12. The van der Waals surface area contributed by atoms with Gasteiger partial charge in [0.15, 0.2) is 5.96 Å². The van der Waals surface area contributed by atoms with Gasteiger partial charge in [0, 0.05) is 38.7 Å². The average molecular weight is 308 g/mol. The Morgan fingerprint density at radius 2 is 2.14 bits per heavy atom. The number of ether oxygens (including phenoxy) is 1. The number of hydrogen-bond donors (Lipinski definition) is 2. The molecule has 1 aromatic heterocycles. The predicted octanol–water partition coefficient (Wildman–Crippen LogP) is 1.89. The van der Waals surface area contributed by atoms with Crippen LogP contribution in [0, 0.1) is 5.92 Å². The molecule has 1 aromatic rings. The summed E-state index contributed by atoms with van der Waals surface area (Å²) >= 11 is 0. The summed E-state index contributed by atoms with van der Waals surface area (Å²) in [7, 11) is 1.77. The summed E-state index contributed by atoms with van der Waals surface area (Å²) in [5, 5.41) is 10.7. The molecule has 1 heterocycles. The first-order chi connectivity index (χ1) is 10.8. The maximum Gasteiger partial charge on any atom is 0.191 e. The van der Waals surface area contributed by atoms with Crippen molar-refractivity contribution in [3.8, 4) is 0 Å². The number of guanidine groups is 1. The minimum absolute atomic E-state index is 0.679. The Labute approximate surface area is 132 Å². The van der Waals surface area contributed by atoms with E-state index in [1.165, 1.54) is 12.8 Å². The van der Waals surface area contributed by atoms with Crippen LogP contribution < -0.4 is 10.6 Å². The molecule has 0 bridgehead atoms. The van der Waals surface area contributed by atoms with Gasteiger partial charge in [-0.15, -0.1) is 0 Å². The molecular weight excluding hydrogens is 280 g/mol. The van der Waals surface area contributed by atoms with Crippen molar-refractivity contribution >= 4 is 5.96 Å². The van der Waals surface area contributed by atoms with Crippen molar-refractivity contribution in [2.24, 2.45) is 10.9 Å². The number of aromatic nitrogens is 1. The number of nitrogens with one attached hydrogen (secondary N) is 2. The van der Waals surface area contributed by atoms with E-state index in [1.807, 2.05) is 0 Å². The zero-order valence-corrected chi connectivity index (χ0v) is 13.9. The highest BCUT2D eigenvalue weighted by Crippen LogP contribution is 2.28. The maximum atomic E-state index is 5.61. The van der Waals surface area contributed by atoms with Gasteiger partial charge in [0.2, 0.25) is 0 Å². The summed E-state index contributed by atoms with van der Waals surface area (Å²) in [6, 6.07) is 0. The Bertz CT molecular complexity index is 459. The van der Waals surface area contributed by atoms with Crippen LogP contribution in [0.1, 0.15) is 43.7 Å². The van der Waals surface area contributed by atoms with Gasteiger partial charge in [-0.05, 0) is 25.2 Å². The second-order valence-corrected chi connectivity index (χ2v) is 5.61. The van der Waals surface area contributed by atoms with E-state index in [-0.39, 0.29) is 0 Å². The van der Waals surface area contributed by atoms with Crippen molar-refractivity contribution < 1.29 is 9.26 Å². The molecule has 124 valence electrons. The van der Waals surface area contributed by atoms with Gasteiger partial charge in [-0.3, -0.25) is 4.99 Å². The van der Waals surface area contributed by atoms with Crippen LogP contribution in [0.5, 0.6) is 0 Å². The SMILES string of the molecule is CCc1noc(CC)c1CNC(=NC)NCCOCC1CC1. The summed E-state index contributed by atoms with van der Waals surface area (Å²) in [6.45, 7) is 7.22. The molecule has 6 heteroatoms. The van der Waals surface area contributed by atoms with E-state index in [9.17, 15) is 0 Å². The van der Waals surface area contributed by atoms with Crippen LogP contribution in [-0.4, -0.2) is 37.9 Å². The van der Waals surface area contributed by atoms with Gasteiger partial charge in [0.05, 0.1) is 12.3 Å². The van der Waals surface area contributed by atoms with Gasteiger partial charge in [0.1, 0.15) is 5.76 Å². The number of aryl methyl sites for hydroxylation is 2. The topological polar surface area (TPSA) is 71.7 Å². The van der Waals surface area contributed by atoms with Crippen molar-refractivity contribution in [1.29, 1.82) is 0 Å². The van der Waals surface area contributed by atoms with E-state index in [1.54, 1.807) is 7.05 Å². The average Bonchev–Trinajstić information content (AvgIpc) is 3.28. The van der Waals surface area contributed by atoms with Crippen LogP contribution >= 0.6 is 0 Å². The van der Waals surface area contributed by atoms with Crippen LogP contribution in [0.2, 0.25) is 0 Å². The van der Waals surface area contributed by atoms with Crippen molar-refractivity contribution in [1.82, 2.24) is 15.8 Å². The molecule has 1 saturated carbocycles. The van der Waals surface area contributed by atoms with Gasteiger partial charge in [-0.25, -0.2) is 0 Å². The quantitative estimate of drug-likeness (QED) is 0.414. The van der Waals surface area contributed by atoms with E-state index in [4.69, 9.17) is 9.26 Å². The molecule has 0 saturated heterocycles. The molecule has 1 aliphatic carbocycles. The third-order valence-corrected chi connectivity index (χ3v) is 3.85. The molecule has 0 spiro atoms. The number of aliphatic imine (C=N–C) groups is 1. The summed E-state index contributed by atoms with van der Waals surface area (Å²) < 4.78 is 11.0. The van der Waals surface area contributed by atoms with Crippen LogP contribution in [0.3, 0.4) is 0 Å². The number of nitrogens with zero attached hydrogens (tertiary/aromatic N) is 2. The van der Waals surface area contributed by atoms with Gasteiger partial charge in [0.25, 0.3) is 0 Å². The van der Waals surface area contributed by atoms with E-state index in [2.05, 4.69) is 34.6 Å². The summed E-state index contributed by atoms with van der Waals surface area (Å²) in [6.07, 6.45) is 4.39. The van der Waals surface area contributed by atoms with Crippen molar-refractivity contribution in [3.05, 3.63) is 17.0 Å². The fraction of sp³-hybridized carbons (Fsp3) is 0.750.